The molecule has 0 atom stereocenters. The van der Waals surface area contributed by atoms with Gasteiger partial charge in [-0.15, -0.1) is 11.3 Å². The van der Waals surface area contributed by atoms with Gasteiger partial charge >= 0.3 is 0 Å². The highest BCUT2D eigenvalue weighted by Gasteiger charge is 2.36. The molecule has 1 N–H and O–H groups in total. The smallest absolute Gasteiger partial charge is 0.280 e. The fourth-order valence-corrected chi connectivity index (χ4v) is 5.85. The summed E-state index contributed by atoms with van der Waals surface area (Å²) in [5, 5.41) is 8.78. The zero-order valence-electron chi connectivity index (χ0n) is 16.6. The van der Waals surface area contributed by atoms with Gasteiger partial charge in [0, 0.05) is 17.1 Å². The van der Waals surface area contributed by atoms with Gasteiger partial charge in [0.2, 0.25) is 0 Å². The van der Waals surface area contributed by atoms with Gasteiger partial charge in [0.15, 0.2) is 20.7 Å². The maximum Gasteiger partial charge on any atom is 0.280 e. The van der Waals surface area contributed by atoms with Crippen molar-refractivity contribution in [1.82, 2.24) is 4.98 Å². The molecular weight excluding hydrogens is 422 g/mol. The number of thiazole rings is 1. The molecule has 1 heterocycles. The minimum absolute atomic E-state index is 0.104. The molecule has 0 spiro atoms. The number of carbonyl (C=O) groups excluding carboxylic acids is 1. The Labute approximate surface area is 180 Å². The summed E-state index contributed by atoms with van der Waals surface area (Å²) in [5.74, 6) is 0.225. The summed E-state index contributed by atoms with van der Waals surface area (Å²) < 4.78 is 24.8. The third-order valence-corrected chi connectivity index (χ3v) is 8.50. The first kappa shape index (κ1) is 21.0. The van der Waals surface area contributed by atoms with Crippen LogP contribution in [-0.4, -0.2) is 36.9 Å². The topological polar surface area (TPSA) is 97.7 Å². The molecule has 4 rings (SSSR count). The molecule has 7 nitrogen and oxygen atoms in total. The summed E-state index contributed by atoms with van der Waals surface area (Å²) in [6, 6.07) is 6.28. The van der Waals surface area contributed by atoms with Crippen molar-refractivity contribution in [2.45, 2.75) is 55.1 Å². The number of aromatic nitrogens is 1. The van der Waals surface area contributed by atoms with Crippen LogP contribution in [0.3, 0.4) is 0 Å². The van der Waals surface area contributed by atoms with E-state index in [1.54, 1.807) is 23.7 Å². The Morgan fingerprint density at radius 2 is 1.90 bits per heavy atom. The monoisotopic (exact) mass is 447 g/mol. The number of rotatable bonds is 9. The van der Waals surface area contributed by atoms with Crippen LogP contribution in [0.5, 0.6) is 0 Å². The lowest BCUT2D eigenvalue weighted by molar-refractivity contribution is -0.110. The van der Waals surface area contributed by atoms with Gasteiger partial charge in [-0.3, -0.25) is 10.1 Å². The van der Waals surface area contributed by atoms with Crippen molar-refractivity contribution in [2.24, 2.45) is 11.1 Å². The molecule has 2 saturated carbocycles. The number of nitrogens with one attached hydrogen (secondary N) is 1. The van der Waals surface area contributed by atoms with Crippen molar-refractivity contribution in [3.05, 3.63) is 41.4 Å². The lowest BCUT2D eigenvalue weighted by Crippen LogP contribution is -2.24. The van der Waals surface area contributed by atoms with Crippen LogP contribution in [-0.2, 0) is 19.5 Å². The van der Waals surface area contributed by atoms with E-state index in [2.05, 4.69) is 15.5 Å². The highest BCUT2D eigenvalue weighted by molar-refractivity contribution is 7.92. The van der Waals surface area contributed by atoms with Gasteiger partial charge in [-0.2, -0.15) is 0 Å². The predicted molar refractivity (Wildman–Crippen MR) is 116 cm³/mol. The van der Waals surface area contributed by atoms with Crippen LogP contribution < -0.4 is 5.32 Å². The molecule has 1 aromatic heterocycles. The molecule has 0 bridgehead atoms. The van der Waals surface area contributed by atoms with Crippen LogP contribution in [0.1, 0.15) is 50.5 Å². The van der Waals surface area contributed by atoms with Gasteiger partial charge in [-0.1, -0.05) is 43.0 Å². The van der Waals surface area contributed by atoms with Crippen molar-refractivity contribution in [2.75, 3.05) is 11.9 Å². The van der Waals surface area contributed by atoms with Gasteiger partial charge in [-0.25, -0.2) is 13.4 Å². The number of hydrogen-bond acceptors (Lipinski definition) is 7. The first-order valence-corrected chi connectivity index (χ1v) is 12.7. The van der Waals surface area contributed by atoms with E-state index in [9.17, 15) is 13.2 Å². The molecular formula is C21H25N3O4S2. The van der Waals surface area contributed by atoms with Crippen LogP contribution in [0.15, 0.2) is 45.9 Å². The first-order valence-electron chi connectivity index (χ1n) is 10.3. The number of nitrogens with zero attached hydrogens (tertiary/aromatic N) is 2. The lowest BCUT2D eigenvalue weighted by Gasteiger charge is -2.10. The summed E-state index contributed by atoms with van der Waals surface area (Å²) in [5.41, 5.74) is 0.603. The fourth-order valence-electron chi connectivity index (χ4n) is 3.67. The summed E-state index contributed by atoms with van der Waals surface area (Å²) in [7, 11) is -3.28. The zero-order valence-corrected chi connectivity index (χ0v) is 18.3. The van der Waals surface area contributed by atoms with Gasteiger partial charge < -0.3 is 4.84 Å². The van der Waals surface area contributed by atoms with Crippen molar-refractivity contribution in [1.29, 1.82) is 0 Å². The third kappa shape index (κ3) is 5.07. The molecule has 2 fully saturated rings. The number of oxime groups is 1. The molecule has 160 valence electrons. The highest BCUT2D eigenvalue weighted by Crippen LogP contribution is 2.33. The minimum atomic E-state index is -3.28. The van der Waals surface area contributed by atoms with Crippen molar-refractivity contribution >= 4 is 37.9 Å². The Hall–Kier alpha value is -2.26. The summed E-state index contributed by atoms with van der Waals surface area (Å²) in [6.45, 7) is 0.451. The third-order valence-electron chi connectivity index (χ3n) is 5.54. The predicted octanol–water partition coefficient (Wildman–Crippen LogP) is 4.02. The maximum atomic E-state index is 12.8. The normalized spacial score (nSPS) is 17.8. The second kappa shape index (κ2) is 9.26. The van der Waals surface area contributed by atoms with E-state index in [4.69, 9.17) is 4.84 Å². The Morgan fingerprint density at radius 3 is 2.53 bits per heavy atom. The van der Waals surface area contributed by atoms with Crippen LogP contribution in [0.25, 0.3) is 0 Å². The Balaban J connectivity index is 1.49. The van der Waals surface area contributed by atoms with E-state index in [1.165, 1.54) is 49.2 Å². The fraction of sp³-hybridized carbons (Fsp3) is 0.476. The molecule has 0 saturated heterocycles. The van der Waals surface area contributed by atoms with E-state index in [0.29, 0.717) is 36.1 Å². The molecule has 30 heavy (non-hydrogen) atoms. The van der Waals surface area contributed by atoms with Gasteiger partial charge in [0.05, 0.1) is 10.1 Å². The number of anilines is 1. The number of amides is 1. The van der Waals surface area contributed by atoms with E-state index < -0.39 is 15.7 Å². The largest absolute Gasteiger partial charge is 0.395 e. The summed E-state index contributed by atoms with van der Waals surface area (Å²) in [6.07, 6.45) is 8.93. The molecule has 0 unspecified atom stereocenters. The maximum absolute atomic E-state index is 12.8. The Bertz CT molecular complexity index is 991. The average Bonchev–Trinajstić information content (AvgIpc) is 3.26. The number of benzene rings is 1. The molecule has 2 aliphatic rings. The van der Waals surface area contributed by atoms with Crippen LogP contribution >= 0.6 is 11.3 Å². The van der Waals surface area contributed by atoms with E-state index >= 15 is 0 Å². The Morgan fingerprint density at radius 1 is 1.17 bits per heavy atom. The second-order valence-corrected chi connectivity index (χ2v) is 10.9. The van der Waals surface area contributed by atoms with E-state index in [0.717, 1.165) is 6.42 Å². The number of carbonyl (C=O) groups is 1. The summed E-state index contributed by atoms with van der Waals surface area (Å²) >= 11 is 1.31. The molecule has 1 amide bonds. The minimum Gasteiger partial charge on any atom is -0.395 e. The zero-order chi connectivity index (χ0) is 21.0. The molecule has 2 aliphatic carbocycles. The lowest BCUT2D eigenvalue weighted by atomic mass is 10.1. The van der Waals surface area contributed by atoms with E-state index in [1.807, 2.05) is 0 Å². The molecule has 0 aliphatic heterocycles. The number of sulfone groups is 1. The standard InChI is InChI=1S/C21H25N3O4S2/c25-20(23-21-22-12-14-29-21)19(24-28-13-11-15-3-1-2-4-15)16-5-7-17(8-6-16)30(26,27)18-9-10-18/h5-8,12,14-15,18H,1-4,9-11,13H2,(H,22,23,25). The summed E-state index contributed by atoms with van der Waals surface area (Å²) in [4.78, 5) is 22.6. The number of hydrogen-bond donors (Lipinski definition) is 1. The molecule has 9 heteroatoms. The van der Waals surface area contributed by atoms with Crippen LogP contribution in [0, 0.1) is 5.92 Å². The van der Waals surface area contributed by atoms with Crippen LogP contribution in [0.2, 0.25) is 0 Å². The highest BCUT2D eigenvalue weighted by atomic mass is 32.2. The van der Waals surface area contributed by atoms with Crippen LogP contribution in [0.4, 0.5) is 5.13 Å². The average molecular weight is 448 g/mol. The quantitative estimate of drug-likeness (QED) is 0.356. The first-order chi connectivity index (χ1) is 14.5. The van der Waals surface area contributed by atoms with Crippen molar-refractivity contribution in [3.8, 4) is 0 Å². The second-order valence-electron chi connectivity index (χ2n) is 7.77. The van der Waals surface area contributed by atoms with Gasteiger partial charge in [0.1, 0.15) is 6.61 Å². The molecule has 1 aromatic carbocycles. The van der Waals surface area contributed by atoms with Crippen molar-refractivity contribution < 1.29 is 18.0 Å². The van der Waals surface area contributed by atoms with E-state index in [-0.39, 0.29) is 15.9 Å². The van der Waals surface area contributed by atoms with Crippen molar-refractivity contribution in [3.63, 3.8) is 0 Å². The Kier molecular flexibility index (Phi) is 6.48. The van der Waals surface area contributed by atoms with Gasteiger partial charge in [0.25, 0.3) is 5.91 Å². The van der Waals surface area contributed by atoms with Gasteiger partial charge in [-0.05, 0) is 37.3 Å². The molecule has 2 aromatic rings. The SMILES string of the molecule is O=C(Nc1nccs1)C(=NOCCC1CCCC1)c1ccc(S(=O)(=O)C2CC2)cc1. The molecule has 0 radical (unpaired) electrons.